The van der Waals surface area contributed by atoms with E-state index in [9.17, 15) is 14.3 Å². The third-order valence-corrected chi connectivity index (χ3v) is 7.58. The molecule has 1 amide bonds. The van der Waals surface area contributed by atoms with Gasteiger partial charge in [-0.25, -0.2) is 4.39 Å². The number of aliphatic hydroxyl groups excluding tert-OH is 1. The van der Waals surface area contributed by atoms with Gasteiger partial charge >= 0.3 is 0 Å². The standard InChI is InChI=1S/C29H32FNO3/c1-18-24(34-25(16-17-32)27(18)29(2,3)30)15-12-19-10-13-21(14-11-19)31-23-9-5-7-20-6-4-8-22(26(20)23)28(31)33/h4-11,13-14,18,24-25,27,32H,12,15-17H2,1-3H3/t18-,24+,25-,27+/m0/s1. The summed E-state index contributed by atoms with van der Waals surface area (Å²) in [6.45, 7) is 5.29. The Morgan fingerprint density at radius 3 is 2.38 bits per heavy atom. The molecule has 0 aliphatic carbocycles. The zero-order valence-corrected chi connectivity index (χ0v) is 20.0. The molecule has 0 spiro atoms. The van der Waals surface area contributed by atoms with Crippen LogP contribution in [-0.2, 0) is 11.2 Å². The highest BCUT2D eigenvalue weighted by Gasteiger charge is 2.48. The number of amides is 1. The Labute approximate surface area is 200 Å². The van der Waals surface area contributed by atoms with Gasteiger partial charge in [0, 0.05) is 23.6 Å². The summed E-state index contributed by atoms with van der Waals surface area (Å²) in [5, 5.41) is 11.5. The molecule has 34 heavy (non-hydrogen) atoms. The first kappa shape index (κ1) is 23.0. The summed E-state index contributed by atoms with van der Waals surface area (Å²) in [6, 6.07) is 20.0. The van der Waals surface area contributed by atoms with Crippen LogP contribution in [0.4, 0.5) is 15.8 Å². The number of aliphatic hydroxyl groups is 1. The fourth-order valence-corrected chi connectivity index (χ4v) is 6.07. The number of carbonyl (C=O) groups is 1. The number of nitrogens with zero attached hydrogens (tertiary/aromatic N) is 1. The van der Waals surface area contributed by atoms with Crippen molar-refractivity contribution in [2.75, 3.05) is 11.5 Å². The highest BCUT2D eigenvalue weighted by Crippen LogP contribution is 2.44. The van der Waals surface area contributed by atoms with Gasteiger partial charge in [-0.1, -0.05) is 43.3 Å². The molecule has 0 bridgehead atoms. The van der Waals surface area contributed by atoms with Crippen molar-refractivity contribution in [1.29, 1.82) is 0 Å². The third-order valence-electron chi connectivity index (χ3n) is 7.58. The van der Waals surface area contributed by atoms with Crippen molar-refractivity contribution in [2.24, 2.45) is 11.8 Å². The molecule has 4 nitrogen and oxygen atoms in total. The molecule has 3 aromatic rings. The van der Waals surface area contributed by atoms with Gasteiger partial charge in [-0.3, -0.25) is 9.69 Å². The molecule has 3 aromatic carbocycles. The van der Waals surface area contributed by atoms with E-state index in [1.807, 2.05) is 48.5 Å². The Morgan fingerprint density at radius 1 is 1.00 bits per heavy atom. The summed E-state index contributed by atoms with van der Waals surface area (Å²) >= 11 is 0. The summed E-state index contributed by atoms with van der Waals surface area (Å²) in [5.41, 5.74) is 2.33. The van der Waals surface area contributed by atoms with E-state index in [0.717, 1.165) is 46.1 Å². The van der Waals surface area contributed by atoms with Gasteiger partial charge in [0.1, 0.15) is 5.67 Å². The van der Waals surface area contributed by atoms with Crippen molar-refractivity contribution in [3.63, 3.8) is 0 Å². The predicted molar refractivity (Wildman–Crippen MR) is 133 cm³/mol. The molecule has 4 atom stereocenters. The lowest BCUT2D eigenvalue weighted by molar-refractivity contribution is -0.00839. The van der Waals surface area contributed by atoms with Crippen LogP contribution in [0.5, 0.6) is 0 Å². The van der Waals surface area contributed by atoms with Gasteiger partial charge in [0.15, 0.2) is 0 Å². The second kappa shape index (κ2) is 8.79. The fraction of sp³-hybridized carbons (Fsp3) is 0.414. The monoisotopic (exact) mass is 461 g/mol. The normalized spacial score (nSPS) is 24.4. The number of alkyl halides is 1. The first-order valence-corrected chi connectivity index (χ1v) is 12.2. The Bertz CT molecular complexity index is 1190. The zero-order valence-electron chi connectivity index (χ0n) is 20.0. The predicted octanol–water partition coefficient (Wildman–Crippen LogP) is 6.21. The summed E-state index contributed by atoms with van der Waals surface area (Å²) < 4.78 is 21.1. The van der Waals surface area contributed by atoms with Crippen molar-refractivity contribution in [3.05, 3.63) is 71.8 Å². The van der Waals surface area contributed by atoms with E-state index in [4.69, 9.17) is 4.74 Å². The number of ether oxygens (including phenoxy) is 1. The van der Waals surface area contributed by atoms with Crippen LogP contribution in [0.15, 0.2) is 60.7 Å². The van der Waals surface area contributed by atoms with Crippen LogP contribution in [0.3, 0.4) is 0 Å². The lowest BCUT2D eigenvalue weighted by Gasteiger charge is -2.30. The van der Waals surface area contributed by atoms with E-state index in [-0.39, 0.29) is 36.6 Å². The molecule has 1 fully saturated rings. The van der Waals surface area contributed by atoms with Crippen LogP contribution >= 0.6 is 0 Å². The zero-order chi connectivity index (χ0) is 24.0. The molecule has 1 N–H and O–H groups in total. The number of hydrogen-bond donors (Lipinski definition) is 1. The topological polar surface area (TPSA) is 49.8 Å². The van der Waals surface area contributed by atoms with Crippen LogP contribution in [0.25, 0.3) is 10.8 Å². The Balaban J connectivity index is 1.30. The van der Waals surface area contributed by atoms with Crippen LogP contribution < -0.4 is 4.90 Å². The van der Waals surface area contributed by atoms with E-state index in [1.54, 1.807) is 18.7 Å². The van der Waals surface area contributed by atoms with E-state index < -0.39 is 5.67 Å². The van der Waals surface area contributed by atoms with Gasteiger partial charge < -0.3 is 9.84 Å². The largest absolute Gasteiger partial charge is 0.396 e. The number of anilines is 2. The third kappa shape index (κ3) is 3.91. The van der Waals surface area contributed by atoms with Gasteiger partial charge in [0.2, 0.25) is 0 Å². The molecule has 5 rings (SSSR count). The number of carbonyl (C=O) groups excluding carboxylic acids is 1. The molecular formula is C29H32FNO3. The summed E-state index contributed by atoms with van der Waals surface area (Å²) in [5.74, 6) is -0.142. The quantitative estimate of drug-likeness (QED) is 0.455. The maximum Gasteiger partial charge on any atom is 0.263 e. The number of rotatable bonds is 7. The minimum absolute atomic E-state index is 0.00235. The Hall–Kier alpha value is -2.76. The maximum absolute atomic E-state index is 14.9. The van der Waals surface area contributed by atoms with Crippen LogP contribution in [0, 0.1) is 11.8 Å². The molecule has 2 aliphatic heterocycles. The summed E-state index contributed by atoms with van der Waals surface area (Å²) in [7, 11) is 0. The Morgan fingerprint density at radius 2 is 1.71 bits per heavy atom. The average Bonchev–Trinajstić information content (AvgIpc) is 3.28. The average molecular weight is 462 g/mol. The first-order valence-electron chi connectivity index (χ1n) is 12.2. The number of benzene rings is 3. The van der Waals surface area contributed by atoms with Crippen molar-refractivity contribution in [3.8, 4) is 0 Å². The van der Waals surface area contributed by atoms with Gasteiger partial charge in [0.25, 0.3) is 5.91 Å². The molecule has 0 saturated carbocycles. The molecule has 0 unspecified atom stereocenters. The SMILES string of the molecule is C[C@@H]1[C@@H](C(C)(C)F)[C@H](CCO)O[C@@H]1CCc1ccc(N2C(=O)c3cccc4cccc2c34)cc1. The molecule has 1 saturated heterocycles. The van der Waals surface area contributed by atoms with E-state index in [1.165, 1.54) is 0 Å². The maximum atomic E-state index is 14.9. The van der Waals surface area contributed by atoms with Gasteiger partial charge in [-0.2, -0.15) is 0 Å². The minimum Gasteiger partial charge on any atom is -0.396 e. The Kier molecular flexibility index (Phi) is 5.95. The smallest absolute Gasteiger partial charge is 0.263 e. The van der Waals surface area contributed by atoms with Crippen LogP contribution in [0.1, 0.15) is 49.5 Å². The summed E-state index contributed by atoms with van der Waals surface area (Å²) in [6.07, 6.45) is 1.78. The molecule has 178 valence electrons. The summed E-state index contributed by atoms with van der Waals surface area (Å²) in [4.78, 5) is 14.9. The number of aryl methyl sites for hydroxylation is 1. The fourth-order valence-electron chi connectivity index (χ4n) is 6.07. The van der Waals surface area contributed by atoms with E-state index >= 15 is 0 Å². The highest BCUT2D eigenvalue weighted by molar-refractivity contribution is 6.27. The van der Waals surface area contributed by atoms with Gasteiger partial charge in [-0.05, 0) is 74.2 Å². The number of halogens is 1. The van der Waals surface area contributed by atoms with Crippen molar-refractivity contribution < 1.29 is 19.0 Å². The lowest BCUT2D eigenvalue weighted by Crippen LogP contribution is -2.37. The van der Waals surface area contributed by atoms with Crippen LogP contribution in [0.2, 0.25) is 0 Å². The minimum atomic E-state index is -1.35. The molecular weight excluding hydrogens is 429 g/mol. The molecule has 5 heteroatoms. The van der Waals surface area contributed by atoms with E-state index in [0.29, 0.717) is 6.42 Å². The van der Waals surface area contributed by atoms with Gasteiger partial charge in [-0.15, -0.1) is 0 Å². The van der Waals surface area contributed by atoms with Gasteiger partial charge in [0.05, 0.1) is 23.5 Å². The second-order valence-corrected chi connectivity index (χ2v) is 10.2. The van der Waals surface area contributed by atoms with Crippen molar-refractivity contribution >= 4 is 28.1 Å². The molecule has 2 aliphatic rings. The molecule has 2 heterocycles. The van der Waals surface area contributed by atoms with Crippen molar-refractivity contribution in [1.82, 2.24) is 0 Å². The second-order valence-electron chi connectivity index (χ2n) is 10.2. The van der Waals surface area contributed by atoms with E-state index in [2.05, 4.69) is 19.1 Å². The first-order chi connectivity index (χ1) is 16.3. The highest BCUT2D eigenvalue weighted by atomic mass is 19.1. The lowest BCUT2D eigenvalue weighted by atomic mass is 9.77. The molecule has 0 aromatic heterocycles. The number of hydrogen-bond acceptors (Lipinski definition) is 3. The van der Waals surface area contributed by atoms with Crippen molar-refractivity contribution in [2.45, 2.75) is 57.9 Å². The molecule has 0 radical (unpaired) electrons. The van der Waals surface area contributed by atoms with Crippen LogP contribution in [-0.4, -0.2) is 35.5 Å².